The molecule has 0 unspecified atom stereocenters. The Bertz CT molecular complexity index is 1050. The smallest absolute Gasteiger partial charge is 0.332 e. The van der Waals surface area contributed by atoms with Gasteiger partial charge in [-0.15, -0.1) is 0 Å². The van der Waals surface area contributed by atoms with E-state index in [9.17, 15) is 14.4 Å². The van der Waals surface area contributed by atoms with Gasteiger partial charge in [-0.25, -0.2) is 9.78 Å². The number of Topliss-reactive ketones (excluding diaryl/α,β-unsaturated/α-hetero) is 1. The zero-order valence-electron chi connectivity index (χ0n) is 18.4. The van der Waals surface area contributed by atoms with Gasteiger partial charge in [-0.2, -0.15) is 0 Å². The van der Waals surface area contributed by atoms with Crippen LogP contribution in [0.3, 0.4) is 0 Å². The number of fused-ring (bicyclic) bond motifs is 1. The molecule has 2 aromatic rings. The Morgan fingerprint density at radius 2 is 1.69 bits per heavy atom. The first kappa shape index (κ1) is 21.4. The fraction of sp³-hybridized carbons (Fsp3) is 0.700. The molecule has 2 aromatic heterocycles. The maximum atomic E-state index is 12.9. The summed E-state index contributed by atoms with van der Waals surface area (Å²) in [5.41, 5.74) is -0.829. The number of hydrogen-bond acceptors (Lipinski definition) is 6. The monoisotopic (exact) mass is 405 g/mol. The zero-order chi connectivity index (χ0) is 21.7. The molecule has 1 aliphatic heterocycles. The highest BCUT2D eigenvalue weighted by Crippen LogP contribution is 2.21. The molecule has 0 amide bonds. The molecule has 9 heteroatoms. The summed E-state index contributed by atoms with van der Waals surface area (Å²) in [5, 5.41) is 0. The summed E-state index contributed by atoms with van der Waals surface area (Å²) in [6.07, 6.45) is 0.176. The molecule has 2 atom stereocenters. The number of imidazole rings is 1. The summed E-state index contributed by atoms with van der Waals surface area (Å²) in [7, 11) is 3.04. The van der Waals surface area contributed by atoms with E-state index in [-0.39, 0.29) is 30.1 Å². The highest BCUT2D eigenvalue weighted by molar-refractivity contribution is 5.85. The number of ketones is 1. The van der Waals surface area contributed by atoms with Crippen molar-refractivity contribution in [3.05, 3.63) is 26.7 Å². The minimum absolute atomic E-state index is 0.00216. The highest BCUT2D eigenvalue weighted by Gasteiger charge is 2.28. The molecule has 0 saturated carbocycles. The molecular weight excluding hydrogens is 374 g/mol. The first-order chi connectivity index (χ1) is 13.4. The summed E-state index contributed by atoms with van der Waals surface area (Å²) >= 11 is 0. The minimum Gasteiger partial charge on any atom is -0.373 e. The van der Waals surface area contributed by atoms with E-state index in [1.54, 1.807) is 11.6 Å². The van der Waals surface area contributed by atoms with Crippen LogP contribution in [0, 0.1) is 5.41 Å². The first-order valence-electron chi connectivity index (χ1n) is 9.96. The van der Waals surface area contributed by atoms with Crippen molar-refractivity contribution in [2.24, 2.45) is 19.5 Å². The lowest BCUT2D eigenvalue weighted by molar-refractivity contribution is -0.126. The van der Waals surface area contributed by atoms with Gasteiger partial charge >= 0.3 is 5.69 Å². The van der Waals surface area contributed by atoms with E-state index in [0.717, 1.165) is 17.7 Å². The molecule has 3 rings (SSSR count). The largest absolute Gasteiger partial charge is 0.373 e. The Morgan fingerprint density at radius 3 is 2.24 bits per heavy atom. The fourth-order valence-corrected chi connectivity index (χ4v) is 3.78. The molecule has 0 N–H and O–H groups in total. The van der Waals surface area contributed by atoms with Crippen molar-refractivity contribution in [3.63, 3.8) is 0 Å². The van der Waals surface area contributed by atoms with Crippen molar-refractivity contribution in [1.29, 1.82) is 0 Å². The van der Waals surface area contributed by atoms with E-state index in [2.05, 4.69) is 9.88 Å². The number of aryl methyl sites for hydroxylation is 1. The second-order valence-electron chi connectivity index (χ2n) is 9.12. The molecule has 0 aliphatic carbocycles. The predicted molar refractivity (Wildman–Crippen MR) is 110 cm³/mol. The van der Waals surface area contributed by atoms with Gasteiger partial charge in [0.05, 0.1) is 25.3 Å². The number of rotatable bonds is 4. The third-order valence-electron chi connectivity index (χ3n) is 5.43. The van der Waals surface area contributed by atoms with E-state index in [1.165, 1.54) is 11.6 Å². The SMILES string of the molecule is C[C@@H]1CN(Cc2nc3c(c(=O)n(C)c(=O)n3C)n2CC(=O)C(C)(C)C)C[C@@H](C)O1. The van der Waals surface area contributed by atoms with Crippen LogP contribution in [-0.4, -0.2) is 54.7 Å². The van der Waals surface area contributed by atoms with E-state index in [4.69, 9.17) is 4.74 Å². The third-order valence-corrected chi connectivity index (χ3v) is 5.43. The average Bonchev–Trinajstić information content (AvgIpc) is 2.94. The second kappa shape index (κ2) is 7.53. The summed E-state index contributed by atoms with van der Waals surface area (Å²) in [6, 6.07) is 0. The van der Waals surface area contributed by atoms with Crippen LogP contribution >= 0.6 is 0 Å². The molecule has 1 aliphatic rings. The van der Waals surface area contributed by atoms with Gasteiger partial charge in [0.1, 0.15) is 5.82 Å². The van der Waals surface area contributed by atoms with Crippen molar-refractivity contribution in [2.75, 3.05) is 13.1 Å². The Balaban J connectivity index is 2.15. The van der Waals surface area contributed by atoms with Crippen LogP contribution in [-0.2, 0) is 36.7 Å². The van der Waals surface area contributed by atoms with Crippen molar-refractivity contribution in [1.82, 2.24) is 23.6 Å². The third kappa shape index (κ3) is 4.06. The lowest BCUT2D eigenvalue weighted by atomic mass is 9.91. The number of hydrogen-bond donors (Lipinski definition) is 0. The number of aromatic nitrogens is 4. The quantitative estimate of drug-likeness (QED) is 0.742. The second-order valence-corrected chi connectivity index (χ2v) is 9.12. The van der Waals surface area contributed by atoms with Crippen LogP contribution in [0.1, 0.15) is 40.4 Å². The van der Waals surface area contributed by atoms with Crippen LogP contribution in [0.25, 0.3) is 11.2 Å². The van der Waals surface area contributed by atoms with Crippen LogP contribution in [0.2, 0.25) is 0 Å². The van der Waals surface area contributed by atoms with Crippen LogP contribution < -0.4 is 11.2 Å². The number of carbonyl (C=O) groups is 1. The molecule has 0 radical (unpaired) electrons. The maximum absolute atomic E-state index is 12.9. The highest BCUT2D eigenvalue weighted by atomic mass is 16.5. The van der Waals surface area contributed by atoms with Gasteiger partial charge in [0.2, 0.25) is 0 Å². The summed E-state index contributed by atoms with van der Waals surface area (Å²) in [6.45, 7) is 11.6. The maximum Gasteiger partial charge on any atom is 0.332 e. The van der Waals surface area contributed by atoms with Gasteiger partial charge in [0.25, 0.3) is 5.56 Å². The average molecular weight is 405 g/mol. The molecule has 0 aromatic carbocycles. The number of carbonyl (C=O) groups excluding carboxylic acids is 1. The Hall–Kier alpha value is -2.26. The van der Waals surface area contributed by atoms with E-state index >= 15 is 0 Å². The van der Waals surface area contributed by atoms with Gasteiger partial charge in [0.15, 0.2) is 16.9 Å². The van der Waals surface area contributed by atoms with E-state index < -0.39 is 16.7 Å². The summed E-state index contributed by atoms with van der Waals surface area (Å²) in [4.78, 5) is 44.9. The Kier molecular flexibility index (Phi) is 5.57. The minimum atomic E-state index is -0.554. The lowest BCUT2D eigenvalue weighted by Crippen LogP contribution is -2.45. The fourth-order valence-electron chi connectivity index (χ4n) is 3.78. The zero-order valence-corrected chi connectivity index (χ0v) is 18.4. The lowest BCUT2D eigenvalue weighted by Gasteiger charge is -2.35. The topological polar surface area (TPSA) is 91.4 Å². The van der Waals surface area contributed by atoms with Gasteiger partial charge in [-0.3, -0.25) is 23.6 Å². The van der Waals surface area contributed by atoms with Gasteiger partial charge in [-0.05, 0) is 13.8 Å². The van der Waals surface area contributed by atoms with Crippen molar-refractivity contribution in [2.45, 2.75) is 59.9 Å². The summed E-state index contributed by atoms with van der Waals surface area (Å²) < 4.78 is 9.91. The van der Waals surface area contributed by atoms with E-state index in [0.29, 0.717) is 18.0 Å². The normalized spacial score (nSPS) is 21.1. The molecule has 3 heterocycles. The molecule has 1 fully saturated rings. The Labute approximate surface area is 169 Å². The van der Waals surface area contributed by atoms with Crippen molar-refractivity contribution >= 4 is 16.9 Å². The van der Waals surface area contributed by atoms with Gasteiger partial charge in [-0.1, -0.05) is 20.8 Å². The molecule has 160 valence electrons. The van der Waals surface area contributed by atoms with E-state index in [1.807, 2.05) is 34.6 Å². The molecular formula is C20H31N5O4. The molecule has 1 saturated heterocycles. The number of nitrogens with zero attached hydrogens (tertiary/aromatic N) is 5. The van der Waals surface area contributed by atoms with Gasteiger partial charge < -0.3 is 9.30 Å². The predicted octanol–water partition coefficient (Wildman–Crippen LogP) is 0.658. The molecule has 29 heavy (non-hydrogen) atoms. The molecule has 9 nitrogen and oxygen atoms in total. The van der Waals surface area contributed by atoms with Crippen LogP contribution in [0.4, 0.5) is 0 Å². The Morgan fingerprint density at radius 1 is 1.10 bits per heavy atom. The van der Waals surface area contributed by atoms with Gasteiger partial charge in [0, 0.05) is 32.6 Å². The van der Waals surface area contributed by atoms with Crippen LogP contribution in [0.15, 0.2) is 9.59 Å². The number of ether oxygens (including phenoxy) is 1. The summed E-state index contributed by atoms with van der Waals surface area (Å²) in [5.74, 6) is 0.606. The first-order valence-corrected chi connectivity index (χ1v) is 9.96. The van der Waals surface area contributed by atoms with Crippen LogP contribution in [0.5, 0.6) is 0 Å². The molecule has 0 spiro atoms. The van der Waals surface area contributed by atoms with Crippen molar-refractivity contribution in [3.8, 4) is 0 Å². The number of morpholine rings is 1. The van der Waals surface area contributed by atoms with Crippen molar-refractivity contribution < 1.29 is 9.53 Å². The molecule has 0 bridgehead atoms. The standard InChI is InChI=1S/C20H31N5O4/c1-12-8-24(9-13(2)29-12)11-15-21-17-16(18(27)23(7)19(28)22(17)6)25(15)10-14(26)20(3,4)5/h12-13H,8-11H2,1-7H3/t12-,13-/m1/s1.